The summed E-state index contributed by atoms with van der Waals surface area (Å²) in [4.78, 5) is 45.8. The van der Waals surface area contributed by atoms with E-state index in [0.29, 0.717) is 30.2 Å². The minimum absolute atomic E-state index is 0.0527. The fourth-order valence-electron chi connectivity index (χ4n) is 7.15. The van der Waals surface area contributed by atoms with Crippen molar-refractivity contribution in [2.75, 3.05) is 73.9 Å². The highest BCUT2D eigenvalue weighted by molar-refractivity contribution is 6.15. The van der Waals surface area contributed by atoms with E-state index < -0.39 is 29.7 Å². The number of likely N-dealkylation sites (N-methyl/N-ethyl adjacent to an activating group) is 1. The fraction of sp³-hybridized carbons (Fsp3) is 0.469. The molecule has 2 N–H and O–H groups in total. The molecule has 2 aromatic rings. The van der Waals surface area contributed by atoms with Crippen molar-refractivity contribution in [3.8, 4) is 28.7 Å². The molecule has 0 unspecified atom stereocenters. The second-order valence-electron chi connectivity index (χ2n) is 12.0. The van der Waals surface area contributed by atoms with E-state index in [2.05, 4.69) is 22.2 Å². The average Bonchev–Trinajstić information content (AvgIpc) is 3.73. The number of imide groups is 1. The highest BCUT2D eigenvalue weighted by Gasteiger charge is 2.53. The topological polar surface area (TPSA) is 139 Å². The van der Waals surface area contributed by atoms with Crippen LogP contribution in [0.5, 0.6) is 28.7 Å². The number of piperazine rings is 1. The van der Waals surface area contributed by atoms with Gasteiger partial charge in [0.2, 0.25) is 12.5 Å². The van der Waals surface area contributed by atoms with Crippen LogP contribution in [0.25, 0.3) is 0 Å². The number of carbonyl (C=O) groups is 3. The van der Waals surface area contributed by atoms with Gasteiger partial charge in [0.15, 0.2) is 23.0 Å². The zero-order valence-electron chi connectivity index (χ0n) is 25.4. The summed E-state index contributed by atoms with van der Waals surface area (Å²) >= 11 is 0. The maximum absolute atomic E-state index is 13.6. The standard InChI is InChI=1S/C32H36N4O9/c1-34-4-6-35(7-5-34)8-9-36-26(37)14-21(31(36)39)33-29-19-13-23-22(44-16-45-23)12-18(19)27(28-20(29)15-43-32(28)40)17-10-24(41-2)30(38)25(11-17)42-3/h10-14,20,27-29,33,38H,4-9,15-16H2,1-3H3/t20-,27+,28-,29+/m0/s1. The predicted octanol–water partition coefficient (Wildman–Crippen LogP) is 1.20. The van der Waals surface area contributed by atoms with Gasteiger partial charge < -0.3 is 39.0 Å². The second-order valence-corrected chi connectivity index (χ2v) is 12.0. The third kappa shape index (κ3) is 4.99. The Morgan fingerprint density at radius 3 is 2.24 bits per heavy atom. The first-order valence-corrected chi connectivity index (χ1v) is 15.1. The number of phenolic OH excluding ortho intramolecular Hbond substituents is 1. The molecule has 0 radical (unpaired) electrons. The van der Waals surface area contributed by atoms with Gasteiger partial charge >= 0.3 is 5.97 Å². The van der Waals surface area contributed by atoms with Crippen LogP contribution >= 0.6 is 0 Å². The Morgan fingerprint density at radius 1 is 0.911 bits per heavy atom. The number of ether oxygens (including phenoxy) is 5. The van der Waals surface area contributed by atoms with E-state index in [1.165, 1.54) is 25.2 Å². The molecule has 2 aromatic carbocycles. The lowest BCUT2D eigenvalue weighted by Crippen LogP contribution is -2.48. The number of nitrogens with one attached hydrogen (secondary N) is 1. The van der Waals surface area contributed by atoms with Crippen LogP contribution in [0.1, 0.15) is 28.7 Å². The van der Waals surface area contributed by atoms with Gasteiger partial charge in [-0.1, -0.05) is 0 Å². The molecule has 2 fully saturated rings. The zero-order valence-corrected chi connectivity index (χ0v) is 25.4. The molecule has 238 valence electrons. The molecule has 0 saturated carbocycles. The van der Waals surface area contributed by atoms with E-state index in [4.69, 9.17) is 23.7 Å². The first-order chi connectivity index (χ1) is 21.8. The van der Waals surface area contributed by atoms with Crippen LogP contribution < -0.4 is 24.3 Å². The number of benzene rings is 2. The molecule has 1 aliphatic carbocycles. The Kier molecular flexibility index (Phi) is 7.44. The zero-order chi connectivity index (χ0) is 31.4. The summed E-state index contributed by atoms with van der Waals surface area (Å²) in [5, 5.41) is 14.0. The molecule has 0 aromatic heterocycles. The van der Waals surface area contributed by atoms with Gasteiger partial charge in [-0.3, -0.25) is 24.2 Å². The maximum atomic E-state index is 13.6. The molecule has 0 bridgehead atoms. The number of hydrogen-bond acceptors (Lipinski definition) is 12. The van der Waals surface area contributed by atoms with Crippen molar-refractivity contribution < 1.29 is 43.2 Å². The van der Waals surface area contributed by atoms with Crippen LogP contribution in [0.2, 0.25) is 0 Å². The van der Waals surface area contributed by atoms with Crippen LogP contribution in [0.3, 0.4) is 0 Å². The van der Waals surface area contributed by atoms with Gasteiger partial charge in [0.1, 0.15) is 5.70 Å². The van der Waals surface area contributed by atoms with Crippen molar-refractivity contribution in [2.24, 2.45) is 11.8 Å². The van der Waals surface area contributed by atoms with Crippen LogP contribution in [-0.2, 0) is 19.1 Å². The van der Waals surface area contributed by atoms with Crippen molar-refractivity contribution in [1.29, 1.82) is 0 Å². The Hall–Kier alpha value is -4.49. The largest absolute Gasteiger partial charge is 0.502 e. The van der Waals surface area contributed by atoms with E-state index in [9.17, 15) is 19.5 Å². The fourth-order valence-corrected chi connectivity index (χ4v) is 7.15. The van der Waals surface area contributed by atoms with Gasteiger partial charge in [-0.25, -0.2) is 0 Å². The molecule has 2 amide bonds. The summed E-state index contributed by atoms with van der Waals surface area (Å²) in [6.07, 6.45) is 1.34. The van der Waals surface area contributed by atoms with Crippen molar-refractivity contribution in [2.45, 2.75) is 12.0 Å². The lowest BCUT2D eigenvalue weighted by atomic mass is 9.65. The molecule has 7 rings (SSSR count). The van der Waals surface area contributed by atoms with Crippen molar-refractivity contribution >= 4 is 17.8 Å². The lowest BCUT2D eigenvalue weighted by Gasteiger charge is -2.40. The third-order valence-electron chi connectivity index (χ3n) is 9.60. The number of esters is 1. The number of cyclic esters (lactones) is 1. The van der Waals surface area contributed by atoms with Crippen molar-refractivity contribution in [1.82, 2.24) is 20.0 Å². The molecule has 0 spiro atoms. The first kappa shape index (κ1) is 29.2. The number of fused-ring (bicyclic) bond motifs is 3. The SMILES string of the molecule is COc1cc([C@@H]2c3cc4c(cc3[C@@H](NC3=CC(=O)N(CCN5CCN(C)CC5)C3=O)[C@H]3COC(=O)[C@H]23)OCO4)cc(OC)c1O. The third-order valence-corrected chi connectivity index (χ3v) is 9.60. The van der Waals surface area contributed by atoms with Gasteiger partial charge in [0.05, 0.1) is 32.8 Å². The number of rotatable bonds is 8. The van der Waals surface area contributed by atoms with Gasteiger partial charge in [0, 0.05) is 57.2 Å². The Labute approximate surface area is 260 Å². The number of phenols is 1. The molecular weight excluding hydrogens is 584 g/mol. The first-order valence-electron chi connectivity index (χ1n) is 15.1. The minimum Gasteiger partial charge on any atom is -0.502 e. The van der Waals surface area contributed by atoms with Crippen LogP contribution in [-0.4, -0.2) is 112 Å². The van der Waals surface area contributed by atoms with Crippen LogP contribution in [0.15, 0.2) is 36.0 Å². The molecule has 45 heavy (non-hydrogen) atoms. The summed E-state index contributed by atoms with van der Waals surface area (Å²) in [5.74, 6) is -1.40. The monoisotopic (exact) mass is 620 g/mol. The summed E-state index contributed by atoms with van der Waals surface area (Å²) in [6, 6.07) is 6.54. The summed E-state index contributed by atoms with van der Waals surface area (Å²) < 4.78 is 28.0. The number of nitrogens with zero attached hydrogens (tertiary/aromatic N) is 3. The number of hydrogen-bond donors (Lipinski definition) is 2. The van der Waals surface area contributed by atoms with Gasteiger partial charge in [-0.2, -0.15) is 0 Å². The smallest absolute Gasteiger partial charge is 0.310 e. The molecule has 4 aliphatic heterocycles. The summed E-state index contributed by atoms with van der Waals surface area (Å²) in [5.41, 5.74) is 2.40. The quantitative estimate of drug-likeness (QED) is 0.324. The number of amides is 2. The van der Waals surface area contributed by atoms with Gasteiger partial charge in [-0.15, -0.1) is 0 Å². The minimum atomic E-state index is -0.657. The van der Waals surface area contributed by atoms with E-state index in [1.807, 2.05) is 12.1 Å². The lowest BCUT2D eigenvalue weighted by molar-refractivity contribution is -0.141. The highest BCUT2D eigenvalue weighted by Crippen LogP contribution is 2.55. The predicted molar refractivity (Wildman–Crippen MR) is 158 cm³/mol. The molecule has 2 saturated heterocycles. The summed E-state index contributed by atoms with van der Waals surface area (Å²) in [6.45, 7) is 4.73. The van der Waals surface area contributed by atoms with E-state index in [-0.39, 0.29) is 48.2 Å². The average molecular weight is 621 g/mol. The molecular formula is C32H36N4O9. The molecule has 4 atom stereocenters. The molecule has 4 heterocycles. The Bertz CT molecular complexity index is 1560. The molecule has 13 nitrogen and oxygen atoms in total. The highest BCUT2D eigenvalue weighted by atomic mass is 16.7. The molecule has 13 heteroatoms. The van der Waals surface area contributed by atoms with Crippen LogP contribution in [0, 0.1) is 11.8 Å². The van der Waals surface area contributed by atoms with Crippen molar-refractivity contribution in [3.05, 3.63) is 52.7 Å². The normalized spacial score (nSPS) is 26.0. The summed E-state index contributed by atoms with van der Waals surface area (Å²) in [7, 11) is 4.97. The number of carbonyl (C=O) groups excluding carboxylic acids is 3. The Morgan fingerprint density at radius 2 is 1.58 bits per heavy atom. The maximum Gasteiger partial charge on any atom is 0.310 e. The van der Waals surface area contributed by atoms with Gasteiger partial charge in [0.25, 0.3) is 11.8 Å². The Balaban J connectivity index is 1.23. The number of aromatic hydroxyl groups is 1. The van der Waals surface area contributed by atoms with E-state index >= 15 is 0 Å². The number of methoxy groups -OCH3 is 2. The van der Waals surface area contributed by atoms with E-state index in [1.54, 1.807) is 12.1 Å². The molecule has 5 aliphatic rings. The van der Waals surface area contributed by atoms with Crippen LogP contribution in [0.4, 0.5) is 0 Å². The van der Waals surface area contributed by atoms with Gasteiger partial charge in [-0.05, 0) is 48.0 Å². The second kappa shape index (κ2) is 11.5. The van der Waals surface area contributed by atoms with E-state index in [0.717, 1.165) is 37.3 Å². The van der Waals surface area contributed by atoms with Crippen molar-refractivity contribution in [3.63, 3.8) is 0 Å².